The molecule has 0 heterocycles. The number of alkyl carbamates (subject to hydrolysis) is 1. The Bertz CT molecular complexity index is 1710. The van der Waals surface area contributed by atoms with E-state index >= 15 is 0 Å². The molecule has 2 atom stereocenters. The molecule has 3 aromatic rings. The van der Waals surface area contributed by atoms with Gasteiger partial charge in [0.25, 0.3) is 0 Å². The van der Waals surface area contributed by atoms with Crippen molar-refractivity contribution in [2.75, 3.05) is 27.2 Å². The monoisotopic (exact) mass is 714 g/mol. The van der Waals surface area contributed by atoms with Gasteiger partial charge in [0.15, 0.2) is 0 Å². The van der Waals surface area contributed by atoms with Crippen molar-refractivity contribution in [1.29, 1.82) is 0 Å². The van der Waals surface area contributed by atoms with E-state index in [4.69, 9.17) is 9.47 Å². The number of hydrogen-bond acceptors (Lipinski definition) is 7. The molecule has 2 N–H and O–H groups in total. The summed E-state index contributed by atoms with van der Waals surface area (Å²) in [4.78, 5) is 68.2. The highest BCUT2D eigenvalue weighted by Gasteiger charge is 2.35. The lowest BCUT2D eigenvalue weighted by Gasteiger charge is -2.34. The van der Waals surface area contributed by atoms with Gasteiger partial charge >= 0.3 is 12.1 Å². The standard InChI is InChI=1S/C41H54N4O7/c1-29(46)51-25-15-24-42-37(48)34(27-30-16-10-9-11-17-30)45(8)38(49)35(28-31-21-22-32-18-12-13-19-33(32)26-31)44(7)36(47)20-14-23-41(5,6)43-39(50)52-40(2,3)4/h9-14,16-22,26,34-35H,15,23-25,27-28H2,1-8H3,(H,42,48)(H,43,50)/b20-14+/t34-,35-/m1/s1. The molecule has 3 rings (SSSR count). The maximum atomic E-state index is 14.5. The Balaban J connectivity index is 1.87. The summed E-state index contributed by atoms with van der Waals surface area (Å²) in [7, 11) is 3.16. The number of nitrogens with zero attached hydrogens (tertiary/aromatic N) is 2. The fraction of sp³-hybridized carbons (Fsp3) is 0.439. The summed E-state index contributed by atoms with van der Waals surface area (Å²) < 4.78 is 10.4. The van der Waals surface area contributed by atoms with Gasteiger partial charge in [-0.05, 0) is 75.4 Å². The van der Waals surface area contributed by atoms with Gasteiger partial charge in [0, 0.05) is 45.9 Å². The number of amides is 4. The van der Waals surface area contributed by atoms with E-state index < -0.39 is 47.1 Å². The molecule has 280 valence electrons. The van der Waals surface area contributed by atoms with Crippen LogP contribution >= 0.6 is 0 Å². The smallest absolute Gasteiger partial charge is 0.408 e. The number of carbonyl (C=O) groups excluding carboxylic acids is 5. The third kappa shape index (κ3) is 13.5. The number of hydrogen-bond donors (Lipinski definition) is 2. The van der Waals surface area contributed by atoms with Gasteiger partial charge in [0.05, 0.1) is 6.61 Å². The number of likely N-dealkylation sites (N-methyl/N-ethyl adjacent to an activating group) is 2. The zero-order valence-electron chi connectivity index (χ0n) is 31.7. The van der Waals surface area contributed by atoms with Crippen molar-refractivity contribution in [1.82, 2.24) is 20.4 Å². The van der Waals surface area contributed by atoms with Gasteiger partial charge < -0.3 is 29.9 Å². The molecular formula is C41H54N4O7. The van der Waals surface area contributed by atoms with Crippen molar-refractivity contribution in [3.63, 3.8) is 0 Å². The SMILES string of the molecule is CC(=O)OCCCNC(=O)[C@@H](Cc1ccccc1)N(C)C(=O)[C@@H](Cc1ccc2ccccc2c1)N(C)C(=O)/C=C/CC(C)(C)NC(=O)OC(C)(C)C. The van der Waals surface area contributed by atoms with Crippen LogP contribution in [0, 0.1) is 0 Å². The number of fused-ring (bicyclic) bond motifs is 1. The van der Waals surface area contributed by atoms with E-state index in [1.54, 1.807) is 40.9 Å². The van der Waals surface area contributed by atoms with E-state index in [-0.39, 0.29) is 31.9 Å². The minimum absolute atomic E-state index is 0.163. The molecule has 0 unspecified atom stereocenters. The number of rotatable bonds is 16. The molecule has 3 aromatic carbocycles. The first-order valence-electron chi connectivity index (χ1n) is 17.6. The predicted octanol–water partition coefficient (Wildman–Crippen LogP) is 5.60. The molecule has 0 saturated heterocycles. The van der Waals surface area contributed by atoms with Crippen LogP contribution in [0.4, 0.5) is 4.79 Å². The normalized spacial score (nSPS) is 12.8. The minimum atomic E-state index is -0.953. The topological polar surface area (TPSA) is 134 Å². The number of carbonyl (C=O) groups is 5. The summed E-state index contributed by atoms with van der Waals surface area (Å²) >= 11 is 0. The zero-order chi connectivity index (χ0) is 38.5. The van der Waals surface area contributed by atoms with Gasteiger partial charge in [0.2, 0.25) is 17.7 Å². The van der Waals surface area contributed by atoms with Crippen LogP contribution in [-0.2, 0) is 41.5 Å². The molecule has 0 fully saturated rings. The predicted molar refractivity (Wildman–Crippen MR) is 202 cm³/mol. The second kappa shape index (κ2) is 18.9. The molecule has 52 heavy (non-hydrogen) atoms. The molecule has 0 spiro atoms. The van der Waals surface area contributed by atoms with Crippen molar-refractivity contribution in [3.8, 4) is 0 Å². The van der Waals surface area contributed by atoms with Crippen LogP contribution in [0.5, 0.6) is 0 Å². The van der Waals surface area contributed by atoms with Gasteiger partial charge in [-0.1, -0.05) is 78.9 Å². The van der Waals surface area contributed by atoms with Crippen LogP contribution in [0.1, 0.15) is 65.5 Å². The molecule has 0 aliphatic heterocycles. The van der Waals surface area contributed by atoms with E-state index in [9.17, 15) is 24.0 Å². The Labute approximate surface area is 307 Å². The van der Waals surface area contributed by atoms with Crippen molar-refractivity contribution in [2.24, 2.45) is 0 Å². The molecule has 0 aliphatic carbocycles. The van der Waals surface area contributed by atoms with Gasteiger partial charge in [0.1, 0.15) is 17.7 Å². The number of esters is 1. The lowest BCUT2D eigenvalue weighted by molar-refractivity contribution is -0.146. The van der Waals surface area contributed by atoms with Crippen LogP contribution in [0.15, 0.2) is 84.9 Å². The Morgan fingerprint density at radius 1 is 0.788 bits per heavy atom. The van der Waals surface area contributed by atoms with E-state index in [1.807, 2.05) is 86.6 Å². The van der Waals surface area contributed by atoms with Gasteiger partial charge in [-0.25, -0.2) is 4.79 Å². The average molecular weight is 715 g/mol. The highest BCUT2D eigenvalue weighted by atomic mass is 16.6. The first-order valence-corrected chi connectivity index (χ1v) is 17.6. The Morgan fingerprint density at radius 2 is 1.42 bits per heavy atom. The molecule has 0 radical (unpaired) electrons. The van der Waals surface area contributed by atoms with Crippen LogP contribution < -0.4 is 10.6 Å². The van der Waals surface area contributed by atoms with E-state index in [0.29, 0.717) is 12.8 Å². The Hall–Kier alpha value is -5.19. The minimum Gasteiger partial charge on any atom is -0.466 e. The number of benzene rings is 3. The maximum Gasteiger partial charge on any atom is 0.408 e. The quantitative estimate of drug-likeness (QED) is 0.112. The molecule has 11 nitrogen and oxygen atoms in total. The zero-order valence-corrected chi connectivity index (χ0v) is 31.7. The van der Waals surface area contributed by atoms with Crippen LogP contribution in [0.25, 0.3) is 10.8 Å². The highest BCUT2D eigenvalue weighted by Crippen LogP contribution is 2.21. The number of ether oxygens (including phenoxy) is 2. The van der Waals surface area contributed by atoms with E-state index in [2.05, 4.69) is 10.6 Å². The summed E-state index contributed by atoms with van der Waals surface area (Å²) in [5.74, 6) is -1.57. The average Bonchev–Trinajstić information content (AvgIpc) is 3.07. The third-order valence-corrected chi connectivity index (χ3v) is 8.39. The molecule has 0 bridgehead atoms. The first-order chi connectivity index (χ1) is 24.5. The van der Waals surface area contributed by atoms with Crippen molar-refractivity contribution in [2.45, 2.75) is 90.4 Å². The van der Waals surface area contributed by atoms with Crippen LogP contribution in [0.2, 0.25) is 0 Å². The summed E-state index contributed by atoms with van der Waals surface area (Å²) in [6.07, 6.45) is 3.70. The first kappa shape index (κ1) is 41.2. The lowest BCUT2D eigenvalue weighted by atomic mass is 9.98. The van der Waals surface area contributed by atoms with Crippen molar-refractivity contribution < 1.29 is 33.4 Å². The van der Waals surface area contributed by atoms with E-state index in [1.165, 1.54) is 22.8 Å². The van der Waals surface area contributed by atoms with Crippen molar-refractivity contribution >= 4 is 40.6 Å². The third-order valence-electron chi connectivity index (χ3n) is 8.39. The van der Waals surface area contributed by atoms with E-state index in [0.717, 1.165) is 21.9 Å². The van der Waals surface area contributed by atoms with Crippen LogP contribution in [0.3, 0.4) is 0 Å². The molecule has 0 aromatic heterocycles. The summed E-state index contributed by atoms with van der Waals surface area (Å²) in [6, 6.07) is 21.4. The Kier molecular flexibility index (Phi) is 15.0. The summed E-state index contributed by atoms with van der Waals surface area (Å²) in [5.41, 5.74) is 0.351. The van der Waals surface area contributed by atoms with Gasteiger partial charge in [-0.3, -0.25) is 19.2 Å². The molecule has 11 heteroatoms. The molecular weight excluding hydrogens is 660 g/mol. The summed E-state index contributed by atoms with van der Waals surface area (Å²) in [6.45, 7) is 10.7. The van der Waals surface area contributed by atoms with Crippen molar-refractivity contribution in [3.05, 3.63) is 96.1 Å². The maximum absolute atomic E-state index is 14.5. The second-order valence-electron chi connectivity index (χ2n) is 14.6. The van der Waals surface area contributed by atoms with Crippen LogP contribution in [-0.4, -0.2) is 90.1 Å². The largest absolute Gasteiger partial charge is 0.466 e. The molecule has 0 aliphatic rings. The molecule has 0 saturated carbocycles. The Morgan fingerprint density at radius 3 is 2.08 bits per heavy atom. The number of nitrogens with one attached hydrogen (secondary N) is 2. The fourth-order valence-electron chi connectivity index (χ4n) is 5.58. The van der Waals surface area contributed by atoms with Gasteiger partial charge in [-0.2, -0.15) is 0 Å². The second-order valence-corrected chi connectivity index (χ2v) is 14.6. The van der Waals surface area contributed by atoms with Gasteiger partial charge in [-0.15, -0.1) is 0 Å². The fourth-order valence-corrected chi connectivity index (χ4v) is 5.58. The lowest BCUT2D eigenvalue weighted by Crippen LogP contribution is -2.56. The molecule has 4 amide bonds. The summed E-state index contributed by atoms with van der Waals surface area (Å²) in [5, 5.41) is 7.77. The highest BCUT2D eigenvalue weighted by molar-refractivity contribution is 5.95.